The Morgan fingerprint density at radius 2 is 1.71 bits per heavy atom. The topological polar surface area (TPSA) is 95.5 Å². The van der Waals surface area contributed by atoms with Crippen LogP contribution in [0, 0.1) is 17.8 Å². The molecule has 0 saturated heterocycles. The molecule has 0 aromatic heterocycles. The van der Waals surface area contributed by atoms with Gasteiger partial charge in [-0.25, -0.2) is 0 Å². The molecule has 2 saturated carbocycles. The summed E-state index contributed by atoms with van der Waals surface area (Å²) in [5, 5.41) is 14.2. The Morgan fingerprint density at radius 1 is 0.929 bits per heavy atom. The van der Waals surface area contributed by atoms with Crippen LogP contribution in [0.2, 0.25) is 0 Å². The molecule has 0 aromatic carbocycles. The van der Waals surface area contributed by atoms with Crippen LogP contribution in [-0.4, -0.2) is 36.0 Å². The van der Waals surface area contributed by atoms with E-state index < -0.39 is 5.97 Å². The van der Waals surface area contributed by atoms with Gasteiger partial charge in [-0.1, -0.05) is 44.3 Å². The molecule has 2 rings (SSSR count). The molecule has 2 atom stereocenters. The number of carboxylic acid groups (broad SMARTS) is 1. The third-order valence-electron chi connectivity index (χ3n) is 5.95. The normalized spacial score (nSPS) is 22.1. The van der Waals surface area contributed by atoms with Gasteiger partial charge < -0.3 is 15.7 Å². The number of allylic oxidation sites excluding steroid dienone is 2. The minimum atomic E-state index is -0.770. The molecule has 0 spiro atoms. The van der Waals surface area contributed by atoms with Crippen LogP contribution in [0.3, 0.4) is 0 Å². The molecular formula is C22H36N2O4. The SMILES string of the molecule is O=C(O)CC/C=C\C[C@@H]1C[C@@H]1CNC(=O)CNC(=O)CCCC1CCCCC1. The fraction of sp³-hybridized carbons (Fsp3) is 0.773. The van der Waals surface area contributed by atoms with E-state index in [1.54, 1.807) is 0 Å². The van der Waals surface area contributed by atoms with Crippen LogP contribution in [0.4, 0.5) is 0 Å². The average molecular weight is 393 g/mol. The van der Waals surface area contributed by atoms with Crippen LogP contribution in [0.5, 0.6) is 0 Å². The lowest BCUT2D eigenvalue weighted by atomic mass is 9.86. The average Bonchev–Trinajstić information content (AvgIpc) is 3.43. The van der Waals surface area contributed by atoms with E-state index in [0.29, 0.717) is 31.2 Å². The number of amides is 2. The Kier molecular flexibility index (Phi) is 10.1. The Hall–Kier alpha value is -1.85. The van der Waals surface area contributed by atoms with Gasteiger partial charge in [-0.2, -0.15) is 0 Å². The van der Waals surface area contributed by atoms with E-state index in [4.69, 9.17) is 5.11 Å². The largest absolute Gasteiger partial charge is 0.481 e. The van der Waals surface area contributed by atoms with Crippen molar-refractivity contribution >= 4 is 17.8 Å². The van der Waals surface area contributed by atoms with E-state index in [1.165, 1.54) is 32.1 Å². The van der Waals surface area contributed by atoms with Gasteiger partial charge in [0.05, 0.1) is 6.54 Å². The second kappa shape index (κ2) is 12.6. The summed E-state index contributed by atoms with van der Waals surface area (Å²) in [7, 11) is 0. The molecule has 0 aromatic rings. The lowest BCUT2D eigenvalue weighted by Gasteiger charge is -2.21. The molecule has 0 aliphatic heterocycles. The maximum Gasteiger partial charge on any atom is 0.303 e. The first-order chi connectivity index (χ1) is 13.5. The molecule has 0 bridgehead atoms. The number of carbonyl (C=O) groups is 3. The lowest BCUT2D eigenvalue weighted by Crippen LogP contribution is -2.37. The zero-order chi connectivity index (χ0) is 20.2. The number of carboxylic acids is 1. The Bertz CT molecular complexity index is 541. The monoisotopic (exact) mass is 392 g/mol. The van der Waals surface area contributed by atoms with Crippen molar-refractivity contribution in [1.82, 2.24) is 10.6 Å². The van der Waals surface area contributed by atoms with E-state index in [-0.39, 0.29) is 24.8 Å². The molecule has 2 aliphatic rings. The molecule has 28 heavy (non-hydrogen) atoms. The van der Waals surface area contributed by atoms with Crippen molar-refractivity contribution in [3.05, 3.63) is 12.2 Å². The summed E-state index contributed by atoms with van der Waals surface area (Å²) < 4.78 is 0. The van der Waals surface area contributed by atoms with Crippen LogP contribution >= 0.6 is 0 Å². The summed E-state index contributed by atoms with van der Waals surface area (Å²) in [5.41, 5.74) is 0. The molecule has 2 aliphatic carbocycles. The van der Waals surface area contributed by atoms with Crippen molar-refractivity contribution in [2.75, 3.05) is 13.1 Å². The summed E-state index contributed by atoms with van der Waals surface area (Å²) in [6, 6.07) is 0. The lowest BCUT2D eigenvalue weighted by molar-refractivity contribution is -0.136. The zero-order valence-corrected chi connectivity index (χ0v) is 17.0. The molecule has 158 valence electrons. The molecule has 2 amide bonds. The fourth-order valence-corrected chi connectivity index (χ4v) is 4.05. The van der Waals surface area contributed by atoms with Crippen LogP contribution in [0.15, 0.2) is 12.2 Å². The number of nitrogens with one attached hydrogen (secondary N) is 2. The summed E-state index contributed by atoms with van der Waals surface area (Å²) in [5.74, 6) is 0.955. The van der Waals surface area contributed by atoms with Crippen molar-refractivity contribution in [2.24, 2.45) is 17.8 Å². The third kappa shape index (κ3) is 9.90. The summed E-state index contributed by atoms with van der Waals surface area (Å²) in [4.78, 5) is 34.2. The highest BCUT2D eigenvalue weighted by molar-refractivity contribution is 5.84. The Morgan fingerprint density at radius 3 is 2.46 bits per heavy atom. The maximum atomic E-state index is 11.9. The molecule has 3 N–H and O–H groups in total. The first kappa shape index (κ1) is 22.4. The van der Waals surface area contributed by atoms with E-state index in [9.17, 15) is 14.4 Å². The second-order valence-corrected chi connectivity index (χ2v) is 8.37. The minimum Gasteiger partial charge on any atom is -0.481 e. The Labute approximate surface area is 168 Å². The van der Waals surface area contributed by atoms with Crippen molar-refractivity contribution in [2.45, 2.75) is 77.0 Å². The highest BCUT2D eigenvalue weighted by Gasteiger charge is 2.35. The van der Waals surface area contributed by atoms with Crippen LogP contribution in [0.25, 0.3) is 0 Å². The minimum absolute atomic E-state index is 0.0262. The van der Waals surface area contributed by atoms with Gasteiger partial charge in [-0.3, -0.25) is 14.4 Å². The van der Waals surface area contributed by atoms with Crippen LogP contribution in [-0.2, 0) is 14.4 Å². The number of carbonyl (C=O) groups excluding carboxylic acids is 2. The zero-order valence-electron chi connectivity index (χ0n) is 17.0. The molecule has 2 fully saturated rings. The van der Waals surface area contributed by atoms with E-state index >= 15 is 0 Å². The van der Waals surface area contributed by atoms with Crippen LogP contribution < -0.4 is 10.6 Å². The number of hydrogen-bond acceptors (Lipinski definition) is 3. The molecule has 6 heteroatoms. The molecule has 6 nitrogen and oxygen atoms in total. The van der Waals surface area contributed by atoms with Crippen molar-refractivity contribution in [3.63, 3.8) is 0 Å². The van der Waals surface area contributed by atoms with Gasteiger partial charge in [0.25, 0.3) is 0 Å². The third-order valence-corrected chi connectivity index (χ3v) is 5.95. The fourth-order valence-electron chi connectivity index (χ4n) is 4.05. The highest BCUT2D eigenvalue weighted by Crippen LogP contribution is 2.40. The first-order valence-corrected chi connectivity index (χ1v) is 10.9. The Balaban J connectivity index is 1.43. The van der Waals surface area contributed by atoms with Gasteiger partial charge in [0.1, 0.15) is 0 Å². The molecule has 0 unspecified atom stereocenters. The smallest absolute Gasteiger partial charge is 0.303 e. The van der Waals surface area contributed by atoms with E-state index in [1.807, 2.05) is 12.2 Å². The van der Waals surface area contributed by atoms with Gasteiger partial charge in [0.15, 0.2) is 0 Å². The predicted octanol–water partition coefficient (Wildman–Crippen LogP) is 3.42. The quantitative estimate of drug-likeness (QED) is 0.419. The second-order valence-electron chi connectivity index (χ2n) is 8.37. The maximum absolute atomic E-state index is 11.9. The standard InChI is InChI=1S/C22H36N2O4/c25-20(12-7-10-17-8-3-1-4-9-17)24-16-21(26)23-15-19-14-18(19)11-5-2-6-13-22(27)28/h2,5,17-19H,1,3-4,6-16H2,(H,23,26)(H,24,25)(H,27,28)/b5-2-/t18-,19-/m1/s1. The van der Waals surface area contributed by atoms with Crippen molar-refractivity contribution in [1.29, 1.82) is 0 Å². The first-order valence-electron chi connectivity index (χ1n) is 10.9. The van der Waals surface area contributed by atoms with E-state index in [0.717, 1.165) is 31.6 Å². The summed E-state index contributed by atoms with van der Waals surface area (Å²) >= 11 is 0. The van der Waals surface area contributed by atoms with E-state index in [2.05, 4.69) is 10.6 Å². The van der Waals surface area contributed by atoms with Crippen LogP contribution in [0.1, 0.15) is 77.0 Å². The van der Waals surface area contributed by atoms with Crippen molar-refractivity contribution in [3.8, 4) is 0 Å². The van der Waals surface area contributed by atoms with Gasteiger partial charge >= 0.3 is 5.97 Å². The van der Waals surface area contributed by atoms with Gasteiger partial charge in [0.2, 0.25) is 11.8 Å². The van der Waals surface area contributed by atoms with Crippen molar-refractivity contribution < 1.29 is 19.5 Å². The van der Waals surface area contributed by atoms with Gasteiger partial charge in [0, 0.05) is 19.4 Å². The summed E-state index contributed by atoms with van der Waals surface area (Å²) in [6.45, 7) is 0.721. The number of rotatable bonds is 13. The van der Waals surface area contributed by atoms with Gasteiger partial charge in [-0.15, -0.1) is 0 Å². The number of hydrogen-bond donors (Lipinski definition) is 3. The van der Waals surface area contributed by atoms with Gasteiger partial charge in [-0.05, 0) is 49.9 Å². The molecular weight excluding hydrogens is 356 g/mol. The highest BCUT2D eigenvalue weighted by atomic mass is 16.4. The number of aliphatic carboxylic acids is 1. The predicted molar refractivity (Wildman–Crippen MR) is 109 cm³/mol. The summed E-state index contributed by atoms with van der Waals surface area (Å²) in [6.07, 6.45) is 16.0. The molecule has 0 radical (unpaired) electrons. The molecule has 0 heterocycles.